The molecule has 1 aromatic carbocycles. The van der Waals surface area contributed by atoms with Gasteiger partial charge in [0.05, 0.1) is 44.1 Å². The zero-order valence-electron chi connectivity index (χ0n) is 14.4. The van der Waals surface area contributed by atoms with E-state index in [1.54, 1.807) is 26.4 Å². The third kappa shape index (κ3) is 3.47. The summed E-state index contributed by atoms with van der Waals surface area (Å²) in [7, 11) is 3.14. The van der Waals surface area contributed by atoms with Crippen molar-refractivity contribution in [1.29, 1.82) is 5.26 Å². The van der Waals surface area contributed by atoms with Gasteiger partial charge in [-0.2, -0.15) is 5.26 Å². The van der Waals surface area contributed by atoms with Crippen LogP contribution < -0.4 is 9.47 Å². The van der Waals surface area contributed by atoms with Crippen LogP contribution in [0, 0.1) is 17.2 Å². The van der Waals surface area contributed by atoms with Gasteiger partial charge in [-0.25, -0.2) is 0 Å². The lowest BCUT2D eigenvalue weighted by Crippen LogP contribution is -2.41. The Morgan fingerprint density at radius 1 is 1.24 bits per heavy atom. The van der Waals surface area contributed by atoms with E-state index in [4.69, 9.17) is 24.2 Å². The van der Waals surface area contributed by atoms with Gasteiger partial charge in [0.25, 0.3) is 0 Å². The second-order valence-electron chi connectivity index (χ2n) is 6.15. The summed E-state index contributed by atoms with van der Waals surface area (Å²) in [6.45, 7) is 0.0722. The van der Waals surface area contributed by atoms with Crippen LogP contribution in [-0.2, 0) is 14.3 Å². The number of allylic oxidation sites excluding steroid dienone is 1. The van der Waals surface area contributed by atoms with E-state index in [9.17, 15) is 4.79 Å². The predicted molar refractivity (Wildman–Crippen MR) is 90.1 cm³/mol. The summed E-state index contributed by atoms with van der Waals surface area (Å²) < 4.78 is 21.9. The lowest BCUT2D eigenvalue weighted by molar-refractivity contribution is -0.127. The molecule has 0 aromatic heterocycles. The highest BCUT2D eigenvalue weighted by Gasteiger charge is 2.40. The van der Waals surface area contributed by atoms with Gasteiger partial charge in [0.1, 0.15) is 12.7 Å². The first-order valence-corrected chi connectivity index (χ1v) is 8.28. The fourth-order valence-corrected chi connectivity index (χ4v) is 3.48. The van der Waals surface area contributed by atoms with E-state index in [-0.39, 0.29) is 30.5 Å². The Bertz CT molecular complexity index is 721. The third-order valence-corrected chi connectivity index (χ3v) is 4.78. The van der Waals surface area contributed by atoms with Gasteiger partial charge >= 0.3 is 0 Å². The zero-order chi connectivity index (χ0) is 17.8. The minimum atomic E-state index is -0.186. The van der Waals surface area contributed by atoms with Gasteiger partial charge < -0.3 is 18.9 Å². The Hall–Kier alpha value is -2.52. The predicted octanol–water partition coefficient (Wildman–Crippen LogP) is 2.72. The Balaban J connectivity index is 1.78. The maximum absolute atomic E-state index is 12.9. The number of ketones is 1. The van der Waals surface area contributed by atoms with E-state index in [2.05, 4.69) is 0 Å². The Morgan fingerprint density at radius 3 is 2.76 bits per heavy atom. The van der Waals surface area contributed by atoms with Gasteiger partial charge in [0, 0.05) is 6.42 Å². The fourth-order valence-electron chi connectivity index (χ4n) is 3.48. The van der Waals surface area contributed by atoms with Crippen molar-refractivity contribution in [3.05, 3.63) is 30.0 Å². The average molecular weight is 343 g/mol. The molecule has 6 nitrogen and oxygen atoms in total. The number of hydrogen-bond acceptors (Lipinski definition) is 6. The molecule has 3 unspecified atom stereocenters. The molecule has 25 heavy (non-hydrogen) atoms. The Labute approximate surface area is 146 Å². The molecule has 1 heterocycles. The van der Waals surface area contributed by atoms with E-state index < -0.39 is 0 Å². The van der Waals surface area contributed by atoms with Gasteiger partial charge in [-0.05, 0) is 30.5 Å². The van der Waals surface area contributed by atoms with Gasteiger partial charge in [-0.3, -0.25) is 4.79 Å². The number of carbonyl (C=O) groups excluding carboxylic acids is 1. The molecule has 3 rings (SSSR count). The monoisotopic (exact) mass is 343 g/mol. The molecule has 1 aromatic rings. The van der Waals surface area contributed by atoms with Gasteiger partial charge in [0.15, 0.2) is 17.3 Å². The maximum Gasteiger partial charge on any atom is 0.173 e. The molecule has 2 aliphatic rings. The van der Waals surface area contributed by atoms with Crippen LogP contribution in [0.3, 0.4) is 0 Å². The molecule has 1 saturated carbocycles. The molecule has 1 fully saturated rings. The molecule has 3 atom stereocenters. The molecule has 6 heteroatoms. The minimum Gasteiger partial charge on any atom is -0.496 e. The van der Waals surface area contributed by atoms with Crippen LogP contribution in [0.4, 0.5) is 0 Å². The number of rotatable bonds is 5. The number of Topliss-reactive ketones (excluding diaryl/α,β-unsaturated/α-hetero) is 1. The largest absolute Gasteiger partial charge is 0.496 e. The van der Waals surface area contributed by atoms with Crippen molar-refractivity contribution >= 4 is 11.4 Å². The number of methoxy groups -OCH3 is 2. The van der Waals surface area contributed by atoms with Crippen LogP contribution >= 0.6 is 0 Å². The standard InChI is InChI=1S/C19H21NO5/c1-22-16-6-3-12(9-18(16)23-2)15-11-25-17-10-13(24-8-7-20)4-5-14(17)19(15)21/h3,6,9,11,13-14,17H,4-5,8,10H2,1-2H3. The fraction of sp³-hybridized carbons (Fsp3) is 0.474. The lowest BCUT2D eigenvalue weighted by Gasteiger charge is -2.37. The maximum atomic E-state index is 12.9. The molecule has 1 aliphatic carbocycles. The molecular weight excluding hydrogens is 322 g/mol. The van der Waals surface area contributed by atoms with E-state index in [0.29, 0.717) is 29.9 Å². The zero-order valence-corrected chi connectivity index (χ0v) is 14.4. The summed E-state index contributed by atoms with van der Waals surface area (Å²) in [4.78, 5) is 12.9. The summed E-state index contributed by atoms with van der Waals surface area (Å²) >= 11 is 0. The average Bonchev–Trinajstić information content (AvgIpc) is 2.66. The van der Waals surface area contributed by atoms with Crippen molar-refractivity contribution in [1.82, 2.24) is 0 Å². The third-order valence-electron chi connectivity index (χ3n) is 4.78. The number of fused-ring (bicyclic) bond motifs is 1. The number of carbonyl (C=O) groups is 1. The minimum absolute atomic E-state index is 0.0234. The summed E-state index contributed by atoms with van der Waals surface area (Å²) in [5.41, 5.74) is 1.31. The molecule has 0 bridgehead atoms. The number of nitriles is 1. The highest BCUT2D eigenvalue weighted by atomic mass is 16.5. The van der Waals surface area contributed by atoms with Crippen LogP contribution in [0.1, 0.15) is 24.8 Å². The smallest absolute Gasteiger partial charge is 0.173 e. The van der Waals surface area contributed by atoms with Crippen molar-refractivity contribution in [2.75, 3.05) is 20.8 Å². The van der Waals surface area contributed by atoms with Crippen molar-refractivity contribution in [3.8, 4) is 17.6 Å². The summed E-state index contributed by atoms with van der Waals surface area (Å²) in [6, 6.07) is 7.37. The molecule has 132 valence electrons. The van der Waals surface area contributed by atoms with E-state index in [1.807, 2.05) is 12.1 Å². The van der Waals surface area contributed by atoms with Crippen molar-refractivity contribution in [2.24, 2.45) is 5.92 Å². The van der Waals surface area contributed by atoms with E-state index >= 15 is 0 Å². The van der Waals surface area contributed by atoms with E-state index in [1.165, 1.54) is 6.26 Å². The van der Waals surface area contributed by atoms with E-state index in [0.717, 1.165) is 12.0 Å². The van der Waals surface area contributed by atoms with Crippen LogP contribution in [-0.4, -0.2) is 38.8 Å². The molecule has 0 spiro atoms. The highest BCUT2D eigenvalue weighted by molar-refractivity contribution is 6.22. The second kappa shape index (κ2) is 7.58. The molecule has 1 aliphatic heterocycles. The molecule has 0 N–H and O–H groups in total. The topological polar surface area (TPSA) is 77.8 Å². The van der Waals surface area contributed by atoms with Gasteiger partial charge in [-0.15, -0.1) is 0 Å². The molecule has 0 radical (unpaired) electrons. The number of nitrogens with zero attached hydrogens (tertiary/aromatic N) is 1. The first-order chi connectivity index (χ1) is 12.2. The number of hydrogen-bond donors (Lipinski definition) is 0. The Kier molecular flexibility index (Phi) is 5.25. The second-order valence-corrected chi connectivity index (χ2v) is 6.15. The van der Waals surface area contributed by atoms with Gasteiger partial charge in [0.2, 0.25) is 0 Å². The van der Waals surface area contributed by atoms with Crippen LogP contribution in [0.15, 0.2) is 24.5 Å². The highest BCUT2D eigenvalue weighted by Crippen LogP contribution is 2.39. The summed E-state index contributed by atoms with van der Waals surface area (Å²) in [5.74, 6) is 1.10. The normalized spacial score (nSPS) is 25.2. The number of ether oxygens (including phenoxy) is 4. The van der Waals surface area contributed by atoms with Crippen LogP contribution in [0.5, 0.6) is 11.5 Å². The number of benzene rings is 1. The SMILES string of the molecule is COc1ccc(C2=COC3CC(OCC#N)CCC3C2=O)cc1OC. The molecule has 0 amide bonds. The Morgan fingerprint density at radius 2 is 2.04 bits per heavy atom. The van der Waals surface area contributed by atoms with Crippen LogP contribution in [0.2, 0.25) is 0 Å². The van der Waals surface area contributed by atoms with Crippen molar-refractivity contribution in [3.63, 3.8) is 0 Å². The first kappa shape index (κ1) is 17.3. The summed E-state index contributed by atoms with van der Waals surface area (Å²) in [6.07, 6.45) is 3.42. The molecular formula is C19H21NO5. The van der Waals surface area contributed by atoms with Crippen LogP contribution in [0.25, 0.3) is 5.57 Å². The first-order valence-electron chi connectivity index (χ1n) is 8.28. The quantitative estimate of drug-likeness (QED) is 0.818. The summed E-state index contributed by atoms with van der Waals surface area (Å²) in [5, 5.41) is 8.62. The van der Waals surface area contributed by atoms with Crippen molar-refractivity contribution in [2.45, 2.75) is 31.5 Å². The van der Waals surface area contributed by atoms with Gasteiger partial charge in [-0.1, -0.05) is 6.07 Å². The lowest BCUT2D eigenvalue weighted by atomic mass is 9.78. The molecule has 0 saturated heterocycles. The van der Waals surface area contributed by atoms with Crippen molar-refractivity contribution < 1.29 is 23.7 Å².